The second kappa shape index (κ2) is 6.90. The van der Waals surface area contributed by atoms with Crippen LogP contribution >= 0.6 is 0 Å². The number of hydrogen-bond donors (Lipinski definition) is 0. The van der Waals surface area contributed by atoms with Crippen molar-refractivity contribution >= 4 is 11.8 Å². The van der Waals surface area contributed by atoms with Crippen LogP contribution < -0.4 is 0 Å². The third kappa shape index (κ3) is 3.46. The summed E-state index contributed by atoms with van der Waals surface area (Å²) in [6, 6.07) is 5.62. The van der Waals surface area contributed by atoms with Crippen LogP contribution in [0.2, 0.25) is 0 Å². The number of piperazine rings is 1. The molecule has 1 saturated heterocycles. The van der Waals surface area contributed by atoms with E-state index in [2.05, 4.69) is 4.98 Å². The summed E-state index contributed by atoms with van der Waals surface area (Å²) in [7, 11) is 0. The molecular formula is C17H23N3O2. The Labute approximate surface area is 131 Å². The summed E-state index contributed by atoms with van der Waals surface area (Å²) < 4.78 is 0. The molecule has 22 heavy (non-hydrogen) atoms. The minimum absolute atomic E-state index is 0.103. The molecule has 0 atom stereocenters. The van der Waals surface area contributed by atoms with Crippen molar-refractivity contribution in [1.29, 1.82) is 0 Å². The van der Waals surface area contributed by atoms with Crippen molar-refractivity contribution in [2.75, 3.05) is 26.2 Å². The van der Waals surface area contributed by atoms with Gasteiger partial charge in [0.2, 0.25) is 11.8 Å². The van der Waals surface area contributed by atoms with E-state index in [0.29, 0.717) is 38.5 Å². The van der Waals surface area contributed by atoms with E-state index < -0.39 is 0 Å². The lowest BCUT2D eigenvalue weighted by Gasteiger charge is -2.36. The molecule has 0 radical (unpaired) electrons. The molecule has 0 unspecified atom stereocenters. The van der Waals surface area contributed by atoms with Crippen molar-refractivity contribution in [1.82, 2.24) is 14.8 Å². The Morgan fingerprint density at radius 1 is 1.05 bits per heavy atom. The van der Waals surface area contributed by atoms with Crippen LogP contribution in [0.4, 0.5) is 0 Å². The average molecular weight is 301 g/mol. The standard InChI is InChI=1S/C17H23N3O2/c21-16(13-15-7-3-4-8-18-15)19-9-11-20(12-10-19)17(22)14-5-1-2-6-14/h3-4,7-8,14H,1-2,5-6,9-13H2. The fourth-order valence-electron chi connectivity index (χ4n) is 3.38. The highest BCUT2D eigenvalue weighted by Gasteiger charge is 2.30. The Morgan fingerprint density at radius 3 is 2.36 bits per heavy atom. The highest BCUT2D eigenvalue weighted by atomic mass is 16.2. The molecule has 0 spiro atoms. The largest absolute Gasteiger partial charge is 0.339 e. The van der Waals surface area contributed by atoms with Gasteiger partial charge >= 0.3 is 0 Å². The first-order chi connectivity index (χ1) is 10.7. The molecule has 0 N–H and O–H groups in total. The second-order valence-corrected chi connectivity index (χ2v) is 6.19. The topological polar surface area (TPSA) is 53.5 Å². The highest BCUT2D eigenvalue weighted by molar-refractivity contribution is 5.81. The van der Waals surface area contributed by atoms with Gasteiger partial charge in [-0.1, -0.05) is 18.9 Å². The van der Waals surface area contributed by atoms with Crippen molar-refractivity contribution in [3.8, 4) is 0 Å². The maximum absolute atomic E-state index is 12.4. The molecule has 2 amide bonds. The van der Waals surface area contributed by atoms with Crippen molar-refractivity contribution in [3.05, 3.63) is 30.1 Å². The SMILES string of the molecule is O=C(Cc1ccccn1)N1CCN(C(=O)C2CCCC2)CC1. The lowest BCUT2D eigenvalue weighted by atomic mass is 10.1. The van der Waals surface area contributed by atoms with E-state index in [4.69, 9.17) is 0 Å². The zero-order valence-electron chi connectivity index (χ0n) is 12.9. The van der Waals surface area contributed by atoms with Crippen LogP contribution in [0, 0.1) is 5.92 Å². The summed E-state index contributed by atoms with van der Waals surface area (Å²) in [5.74, 6) is 0.636. The fraction of sp³-hybridized carbons (Fsp3) is 0.588. The lowest BCUT2D eigenvalue weighted by Crippen LogP contribution is -2.52. The number of amides is 2. The average Bonchev–Trinajstić information content (AvgIpc) is 3.10. The molecule has 5 heteroatoms. The Hall–Kier alpha value is -1.91. The Kier molecular flexibility index (Phi) is 4.71. The smallest absolute Gasteiger partial charge is 0.228 e. The van der Waals surface area contributed by atoms with E-state index in [1.54, 1.807) is 6.20 Å². The molecule has 1 aliphatic heterocycles. The van der Waals surface area contributed by atoms with Crippen LogP contribution in [0.15, 0.2) is 24.4 Å². The van der Waals surface area contributed by atoms with E-state index in [1.807, 2.05) is 28.0 Å². The van der Waals surface area contributed by atoms with Gasteiger partial charge in [0.15, 0.2) is 0 Å². The maximum Gasteiger partial charge on any atom is 0.228 e. The molecule has 5 nitrogen and oxygen atoms in total. The Bertz CT molecular complexity index is 518. The van der Waals surface area contributed by atoms with Crippen LogP contribution in [0.1, 0.15) is 31.4 Å². The minimum atomic E-state index is 0.103. The van der Waals surface area contributed by atoms with Crippen LogP contribution in [0.25, 0.3) is 0 Å². The summed E-state index contributed by atoms with van der Waals surface area (Å²) in [6.45, 7) is 2.63. The van der Waals surface area contributed by atoms with Crippen LogP contribution in [-0.4, -0.2) is 52.8 Å². The van der Waals surface area contributed by atoms with Gasteiger partial charge < -0.3 is 9.80 Å². The number of aromatic nitrogens is 1. The molecule has 1 saturated carbocycles. The number of carbonyl (C=O) groups excluding carboxylic acids is 2. The third-order valence-corrected chi connectivity index (χ3v) is 4.71. The van der Waals surface area contributed by atoms with Gasteiger partial charge in [0.25, 0.3) is 0 Å². The van der Waals surface area contributed by atoms with Crippen molar-refractivity contribution < 1.29 is 9.59 Å². The molecule has 0 bridgehead atoms. The number of carbonyl (C=O) groups is 2. The molecule has 1 aromatic rings. The molecule has 2 heterocycles. The number of nitrogens with zero attached hydrogens (tertiary/aromatic N) is 3. The first-order valence-corrected chi connectivity index (χ1v) is 8.20. The van der Waals surface area contributed by atoms with Crippen molar-refractivity contribution in [2.24, 2.45) is 5.92 Å². The van der Waals surface area contributed by atoms with E-state index in [9.17, 15) is 9.59 Å². The lowest BCUT2D eigenvalue weighted by molar-refractivity contribution is -0.141. The number of hydrogen-bond acceptors (Lipinski definition) is 3. The van der Waals surface area contributed by atoms with E-state index in [-0.39, 0.29) is 11.8 Å². The van der Waals surface area contributed by atoms with Gasteiger partial charge in [-0.3, -0.25) is 14.6 Å². The third-order valence-electron chi connectivity index (χ3n) is 4.71. The Balaban J connectivity index is 1.48. The molecule has 2 fully saturated rings. The zero-order valence-corrected chi connectivity index (χ0v) is 12.9. The van der Waals surface area contributed by atoms with Gasteiger partial charge in [0, 0.05) is 44.0 Å². The van der Waals surface area contributed by atoms with Crippen molar-refractivity contribution in [3.63, 3.8) is 0 Å². The van der Waals surface area contributed by atoms with E-state index >= 15 is 0 Å². The quantitative estimate of drug-likeness (QED) is 0.850. The predicted molar refractivity (Wildman–Crippen MR) is 83.1 cm³/mol. The summed E-state index contributed by atoms with van der Waals surface area (Å²) in [5.41, 5.74) is 0.803. The molecule has 1 aliphatic carbocycles. The van der Waals surface area contributed by atoms with E-state index in [0.717, 1.165) is 18.5 Å². The molecule has 3 rings (SSSR count). The zero-order chi connectivity index (χ0) is 15.4. The van der Waals surface area contributed by atoms with E-state index in [1.165, 1.54) is 12.8 Å². The van der Waals surface area contributed by atoms with Gasteiger partial charge in [-0.15, -0.1) is 0 Å². The predicted octanol–water partition coefficient (Wildman–Crippen LogP) is 1.49. The van der Waals surface area contributed by atoms with Crippen LogP contribution in [-0.2, 0) is 16.0 Å². The van der Waals surface area contributed by atoms with Crippen LogP contribution in [0.3, 0.4) is 0 Å². The monoisotopic (exact) mass is 301 g/mol. The molecular weight excluding hydrogens is 278 g/mol. The maximum atomic E-state index is 12.4. The fourth-order valence-corrected chi connectivity index (χ4v) is 3.38. The molecule has 0 aromatic carbocycles. The molecule has 2 aliphatic rings. The number of pyridine rings is 1. The highest BCUT2D eigenvalue weighted by Crippen LogP contribution is 2.26. The summed E-state index contributed by atoms with van der Waals surface area (Å²) in [6.07, 6.45) is 6.49. The first kappa shape index (κ1) is 15.0. The minimum Gasteiger partial charge on any atom is -0.339 e. The second-order valence-electron chi connectivity index (χ2n) is 6.19. The normalized spacial score (nSPS) is 19.5. The van der Waals surface area contributed by atoms with Crippen LogP contribution in [0.5, 0.6) is 0 Å². The molecule has 1 aromatic heterocycles. The van der Waals surface area contributed by atoms with Gasteiger partial charge in [-0.2, -0.15) is 0 Å². The first-order valence-electron chi connectivity index (χ1n) is 8.20. The van der Waals surface area contributed by atoms with Gasteiger partial charge in [-0.05, 0) is 25.0 Å². The van der Waals surface area contributed by atoms with Crippen molar-refractivity contribution in [2.45, 2.75) is 32.1 Å². The summed E-state index contributed by atoms with van der Waals surface area (Å²) >= 11 is 0. The van der Waals surface area contributed by atoms with Gasteiger partial charge in [0.1, 0.15) is 0 Å². The summed E-state index contributed by atoms with van der Waals surface area (Å²) in [5, 5.41) is 0. The number of rotatable bonds is 3. The molecule has 118 valence electrons. The van der Waals surface area contributed by atoms with Gasteiger partial charge in [-0.25, -0.2) is 0 Å². The van der Waals surface area contributed by atoms with Gasteiger partial charge in [0.05, 0.1) is 6.42 Å². The summed E-state index contributed by atoms with van der Waals surface area (Å²) in [4.78, 5) is 32.7. The Morgan fingerprint density at radius 2 is 1.73 bits per heavy atom.